The minimum absolute atomic E-state index is 0.230. The van der Waals surface area contributed by atoms with Gasteiger partial charge in [0.25, 0.3) is 0 Å². The van der Waals surface area contributed by atoms with Crippen LogP contribution in [-0.2, 0) is 13.0 Å². The Kier molecular flexibility index (Phi) is 3.17. The second kappa shape index (κ2) is 4.83. The maximum atomic E-state index is 13.4. The van der Waals surface area contributed by atoms with Crippen LogP contribution in [0.3, 0.4) is 0 Å². The van der Waals surface area contributed by atoms with Crippen LogP contribution in [0, 0.1) is 5.82 Å². The number of para-hydroxylation sites is 1. The molecule has 0 saturated carbocycles. The molecule has 3 rings (SSSR count). The number of benzene rings is 2. The largest absolute Gasteiger partial charge is 0.339 e. The zero-order valence-corrected chi connectivity index (χ0v) is 11.1. The highest BCUT2D eigenvalue weighted by molar-refractivity contribution is 6.33. The van der Waals surface area contributed by atoms with Crippen LogP contribution in [0.25, 0.3) is 0 Å². The summed E-state index contributed by atoms with van der Waals surface area (Å²) < 4.78 is 13.4. The summed E-state index contributed by atoms with van der Waals surface area (Å²) >= 11 is 6.30. The molecule has 0 aromatic heterocycles. The van der Waals surface area contributed by atoms with Gasteiger partial charge in [0.15, 0.2) is 0 Å². The summed E-state index contributed by atoms with van der Waals surface area (Å²) in [4.78, 5) is 2.06. The Labute approximate surface area is 116 Å². The highest BCUT2D eigenvalue weighted by Crippen LogP contribution is 2.40. The van der Waals surface area contributed by atoms with Crippen molar-refractivity contribution in [1.29, 1.82) is 0 Å². The van der Waals surface area contributed by atoms with Crippen molar-refractivity contribution in [2.45, 2.75) is 13.0 Å². The molecular formula is C15H14ClFN2. The number of rotatable bonds is 2. The van der Waals surface area contributed by atoms with E-state index in [4.69, 9.17) is 17.3 Å². The highest BCUT2D eigenvalue weighted by atomic mass is 35.5. The van der Waals surface area contributed by atoms with Gasteiger partial charge in [-0.2, -0.15) is 0 Å². The summed E-state index contributed by atoms with van der Waals surface area (Å²) in [5.74, 6) is -0.230. The zero-order valence-electron chi connectivity index (χ0n) is 10.4. The molecule has 1 heterocycles. The molecule has 2 aromatic rings. The van der Waals surface area contributed by atoms with Gasteiger partial charge in [-0.15, -0.1) is 0 Å². The van der Waals surface area contributed by atoms with Gasteiger partial charge in [0.1, 0.15) is 5.82 Å². The van der Waals surface area contributed by atoms with Crippen molar-refractivity contribution < 1.29 is 4.39 Å². The van der Waals surface area contributed by atoms with Gasteiger partial charge >= 0.3 is 0 Å². The molecule has 0 radical (unpaired) electrons. The Morgan fingerprint density at radius 3 is 2.89 bits per heavy atom. The van der Waals surface area contributed by atoms with Crippen LogP contribution in [-0.4, -0.2) is 6.54 Å². The van der Waals surface area contributed by atoms with Crippen LogP contribution in [0.15, 0.2) is 36.4 Å². The quantitative estimate of drug-likeness (QED) is 0.907. The second-order valence-corrected chi connectivity index (χ2v) is 5.03. The molecule has 0 unspecified atom stereocenters. The number of halogens is 2. The number of hydrogen-bond donors (Lipinski definition) is 1. The number of hydrogen-bond acceptors (Lipinski definition) is 2. The van der Waals surface area contributed by atoms with E-state index in [9.17, 15) is 4.39 Å². The Bertz CT molecular complexity index is 628. The molecule has 0 fully saturated rings. The minimum Gasteiger partial charge on any atom is -0.339 e. The lowest BCUT2D eigenvalue weighted by molar-refractivity contribution is 0.628. The predicted octanol–water partition coefficient (Wildman–Crippen LogP) is 3.63. The average Bonchev–Trinajstić information content (AvgIpc) is 2.81. The first-order valence-corrected chi connectivity index (χ1v) is 6.62. The molecule has 2 aromatic carbocycles. The standard InChI is InChI=1S/C15H14ClFN2/c16-13-3-1-2-11(9-18)15(13)19-7-6-10-4-5-12(17)8-14(10)19/h1-5,8H,6-7,9,18H2. The SMILES string of the molecule is NCc1cccc(Cl)c1N1CCc2ccc(F)cc21. The fourth-order valence-electron chi connectivity index (χ4n) is 2.61. The van der Waals surface area contributed by atoms with E-state index in [1.54, 1.807) is 6.07 Å². The van der Waals surface area contributed by atoms with E-state index < -0.39 is 0 Å². The van der Waals surface area contributed by atoms with Crippen molar-refractivity contribution in [3.05, 3.63) is 58.4 Å². The average molecular weight is 277 g/mol. The molecule has 2 N–H and O–H groups in total. The number of nitrogens with zero attached hydrogens (tertiary/aromatic N) is 1. The molecule has 98 valence electrons. The normalized spacial score (nSPS) is 13.7. The van der Waals surface area contributed by atoms with E-state index in [2.05, 4.69) is 4.90 Å². The first-order chi connectivity index (χ1) is 9.20. The van der Waals surface area contributed by atoms with Crippen molar-refractivity contribution in [3.8, 4) is 0 Å². The summed E-state index contributed by atoms with van der Waals surface area (Å²) in [7, 11) is 0. The van der Waals surface area contributed by atoms with Gasteiger partial charge in [-0.3, -0.25) is 0 Å². The van der Waals surface area contributed by atoms with Crippen LogP contribution < -0.4 is 10.6 Å². The van der Waals surface area contributed by atoms with E-state index in [1.165, 1.54) is 6.07 Å². The van der Waals surface area contributed by atoms with Crippen LogP contribution in [0.5, 0.6) is 0 Å². The van der Waals surface area contributed by atoms with E-state index in [0.717, 1.165) is 35.5 Å². The van der Waals surface area contributed by atoms with Gasteiger partial charge in [-0.25, -0.2) is 4.39 Å². The van der Waals surface area contributed by atoms with Crippen molar-refractivity contribution in [3.63, 3.8) is 0 Å². The lowest BCUT2D eigenvalue weighted by Crippen LogP contribution is -2.17. The van der Waals surface area contributed by atoms with Gasteiger partial charge in [0, 0.05) is 18.8 Å². The topological polar surface area (TPSA) is 29.3 Å². The van der Waals surface area contributed by atoms with Gasteiger partial charge in [0.05, 0.1) is 10.7 Å². The van der Waals surface area contributed by atoms with E-state index in [1.807, 2.05) is 24.3 Å². The first kappa shape index (κ1) is 12.5. The van der Waals surface area contributed by atoms with E-state index in [-0.39, 0.29) is 5.82 Å². The molecule has 0 amide bonds. The van der Waals surface area contributed by atoms with Crippen LogP contribution in [0.2, 0.25) is 5.02 Å². The number of fused-ring (bicyclic) bond motifs is 1. The second-order valence-electron chi connectivity index (χ2n) is 4.63. The Balaban J connectivity index is 2.14. The zero-order chi connectivity index (χ0) is 13.4. The highest BCUT2D eigenvalue weighted by Gasteiger charge is 2.24. The number of anilines is 2. The minimum atomic E-state index is -0.230. The van der Waals surface area contributed by atoms with Crippen molar-refractivity contribution in [1.82, 2.24) is 0 Å². The maximum Gasteiger partial charge on any atom is 0.125 e. The maximum absolute atomic E-state index is 13.4. The van der Waals surface area contributed by atoms with E-state index in [0.29, 0.717) is 11.6 Å². The summed E-state index contributed by atoms with van der Waals surface area (Å²) in [6, 6.07) is 10.6. The van der Waals surface area contributed by atoms with Gasteiger partial charge in [-0.05, 0) is 35.7 Å². The van der Waals surface area contributed by atoms with Crippen LogP contribution in [0.1, 0.15) is 11.1 Å². The third-order valence-electron chi connectivity index (χ3n) is 3.50. The Morgan fingerprint density at radius 2 is 2.11 bits per heavy atom. The fourth-order valence-corrected chi connectivity index (χ4v) is 2.91. The third-order valence-corrected chi connectivity index (χ3v) is 3.81. The lowest BCUT2D eigenvalue weighted by Gasteiger charge is -2.23. The van der Waals surface area contributed by atoms with Crippen molar-refractivity contribution in [2.75, 3.05) is 11.4 Å². The third kappa shape index (κ3) is 2.09. The smallest absolute Gasteiger partial charge is 0.125 e. The molecular weight excluding hydrogens is 263 g/mol. The Hall–Kier alpha value is -1.58. The summed E-state index contributed by atoms with van der Waals surface area (Å²) in [5, 5.41) is 0.653. The molecule has 0 bridgehead atoms. The van der Waals surface area contributed by atoms with Crippen LogP contribution >= 0.6 is 11.6 Å². The van der Waals surface area contributed by atoms with Gasteiger partial charge in [0.2, 0.25) is 0 Å². The molecule has 19 heavy (non-hydrogen) atoms. The van der Waals surface area contributed by atoms with Crippen LogP contribution in [0.4, 0.5) is 15.8 Å². The van der Waals surface area contributed by atoms with Gasteiger partial charge in [-0.1, -0.05) is 29.8 Å². The lowest BCUT2D eigenvalue weighted by atomic mass is 10.1. The number of nitrogens with two attached hydrogens (primary N) is 1. The van der Waals surface area contributed by atoms with Crippen molar-refractivity contribution in [2.24, 2.45) is 5.73 Å². The molecule has 0 saturated heterocycles. The molecule has 1 aliphatic heterocycles. The summed E-state index contributed by atoms with van der Waals surface area (Å²) in [5.41, 5.74) is 9.69. The van der Waals surface area contributed by atoms with Gasteiger partial charge < -0.3 is 10.6 Å². The Morgan fingerprint density at radius 1 is 1.26 bits per heavy atom. The molecule has 0 aliphatic carbocycles. The predicted molar refractivity (Wildman–Crippen MR) is 76.5 cm³/mol. The van der Waals surface area contributed by atoms with E-state index >= 15 is 0 Å². The summed E-state index contributed by atoms with van der Waals surface area (Å²) in [6.45, 7) is 1.21. The molecule has 1 aliphatic rings. The van der Waals surface area contributed by atoms with Crippen molar-refractivity contribution >= 4 is 23.0 Å². The molecule has 2 nitrogen and oxygen atoms in total. The monoisotopic (exact) mass is 276 g/mol. The molecule has 0 atom stereocenters. The fraction of sp³-hybridized carbons (Fsp3) is 0.200. The molecule has 4 heteroatoms. The molecule has 0 spiro atoms. The summed E-state index contributed by atoms with van der Waals surface area (Å²) in [6.07, 6.45) is 0.894. The first-order valence-electron chi connectivity index (χ1n) is 6.24.